The molecule has 0 aromatic rings. The van der Waals surface area contributed by atoms with Crippen LogP contribution >= 0.6 is 0 Å². The second-order valence-electron chi connectivity index (χ2n) is 7.05. The van der Waals surface area contributed by atoms with Crippen molar-refractivity contribution in [2.75, 3.05) is 25.4 Å². The zero-order valence-corrected chi connectivity index (χ0v) is 14.9. The maximum absolute atomic E-state index is 12.1. The van der Waals surface area contributed by atoms with Crippen molar-refractivity contribution in [3.8, 4) is 0 Å². The van der Waals surface area contributed by atoms with Gasteiger partial charge in [-0.2, -0.15) is 0 Å². The smallest absolute Gasteiger partial charge is 0.211 e. The summed E-state index contributed by atoms with van der Waals surface area (Å²) in [6.45, 7) is 8.95. The van der Waals surface area contributed by atoms with Gasteiger partial charge in [0.05, 0.1) is 5.75 Å². The Morgan fingerprint density at radius 2 is 1.81 bits per heavy atom. The van der Waals surface area contributed by atoms with Crippen LogP contribution in [-0.4, -0.2) is 33.8 Å². The number of sulfonamides is 1. The van der Waals surface area contributed by atoms with Crippen molar-refractivity contribution < 1.29 is 8.42 Å². The highest BCUT2D eigenvalue weighted by Crippen LogP contribution is 2.42. The standard InChI is InChI=1S/C16H34N2O2S/c1-4-10-17-11-7-12-21(19,20)18-14-16(13-15(2)3)8-5-6-9-16/h15,17-18H,4-14H2,1-3H3. The summed E-state index contributed by atoms with van der Waals surface area (Å²) in [6, 6.07) is 0. The normalized spacial score (nSPS) is 18.5. The van der Waals surface area contributed by atoms with Crippen LogP contribution in [0.5, 0.6) is 0 Å². The molecule has 1 aliphatic rings. The molecule has 126 valence electrons. The van der Waals surface area contributed by atoms with E-state index < -0.39 is 10.0 Å². The van der Waals surface area contributed by atoms with Crippen LogP contribution in [0.25, 0.3) is 0 Å². The van der Waals surface area contributed by atoms with Crippen LogP contribution < -0.4 is 10.0 Å². The van der Waals surface area contributed by atoms with Crippen LogP contribution in [0, 0.1) is 11.3 Å². The van der Waals surface area contributed by atoms with Gasteiger partial charge in [-0.25, -0.2) is 13.1 Å². The predicted octanol–water partition coefficient (Wildman–Crippen LogP) is 2.90. The fraction of sp³-hybridized carbons (Fsp3) is 1.00. The summed E-state index contributed by atoms with van der Waals surface area (Å²) in [4.78, 5) is 0. The molecule has 0 amide bonds. The highest BCUT2D eigenvalue weighted by atomic mass is 32.2. The van der Waals surface area contributed by atoms with Crippen LogP contribution in [0.15, 0.2) is 0 Å². The topological polar surface area (TPSA) is 58.2 Å². The Bertz CT molecular complexity index is 374. The number of rotatable bonds is 11. The molecule has 0 aromatic heterocycles. The number of hydrogen-bond donors (Lipinski definition) is 2. The predicted molar refractivity (Wildman–Crippen MR) is 89.9 cm³/mol. The molecular weight excluding hydrogens is 284 g/mol. The monoisotopic (exact) mass is 318 g/mol. The average Bonchev–Trinajstić information content (AvgIpc) is 2.85. The van der Waals surface area contributed by atoms with Crippen LogP contribution in [-0.2, 0) is 10.0 Å². The fourth-order valence-electron chi connectivity index (χ4n) is 3.47. The second kappa shape index (κ2) is 9.11. The quantitative estimate of drug-likeness (QED) is 0.576. The third-order valence-electron chi connectivity index (χ3n) is 4.37. The Hall–Kier alpha value is -0.130. The minimum atomic E-state index is -3.12. The lowest BCUT2D eigenvalue weighted by Crippen LogP contribution is -2.38. The van der Waals surface area contributed by atoms with E-state index in [-0.39, 0.29) is 11.2 Å². The summed E-state index contributed by atoms with van der Waals surface area (Å²) in [5.74, 6) is 0.868. The lowest BCUT2D eigenvalue weighted by atomic mass is 9.79. The van der Waals surface area contributed by atoms with Crippen LogP contribution in [0.1, 0.15) is 65.7 Å². The zero-order valence-electron chi connectivity index (χ0n) is 14.1. The summed E-state index contributed by atoms with van der Waals surface area (Å²) in [7, 11) is -3.12. The van der Waals surface area contributed by atoms with E-state index in [0.717, 1.165) is 25.9 Å². The molecule has 5 heteroatoms. The fourth-order valence-corrected chi connectivity index (χ4v) is 4.66. The summed E-state index contributed by atoms with van der Waals surface area (Å²) < 4.78 is 27.1. The maximum atomic E-state index is 12.1. The van der Waals surface area contributed by atoms with E-state index in [9.17, 15) is 8.42 Å². The van der Waals surface area contributed by atoms with Crippen molar-refractivity contribution >= 4 is 10.0 Å². The molecular formula is C16H34N2O2S. The first-order valence-corrected chi connectivity index (χ1v) is 10.2. The van der Waals surface area contributed by atoms with Crippen molar-refractivity contribution in [2.45, 2.75) is 65.7 Å². The number of nitrogens with one attached hydrogen (secondary N) is 2. The highest BCUT2D eigenvalue weighted by Gasteiger charge is 2.35. The van der Waals surface area contributed by atoms with E-state index in [1.165, 1.54) is 25.7 Å². The second-order valence-corrected chi connectivity index (χ2v) is 8.98. The van der Waals surface area contributed by atoms with E-state index in [0.29, 0.717) is 18.9 Å². The van der Waals surface area contributed by atoms with E-state index in [1.807, 2.05) is 0 Å². The lowest BCUT2D eigenvalue weighted by Gasteiger charge is -2.31. The third kappa shape index (κ3) is 7.61. The van der Waals surface area contributed by atoms with Crippen molar-refractivity contribution in [3.05, 3.63) is 0 Å². The lowest BCUT2D eigenvalue weighted by molar-refractivity contribution is 0.236. The molecule has 0 aliphatic heterocycles. The summed E-state index contributed by atoms with van der Waals surface area (Å²) >= 11 is 0. The minimum absolute atomic E-state index is 0.210. The first kappa shape index (κ1) is 18.9. The van der Waals surface area contributed by atoms with E-state index >= 15 is 0 Å². The van der Waals surface area contributed by atoms with Crippen molar-refractivity contribution in [3.63, 3.8) is 0 Å². The van der Waals surface area contributed by atoms with Crippen molar-refractivity contribution in [2.24, 2.45) is 11.3 Å². The minimum Gasteiger partial charge on any atom is -0.317 e. The first-order chi connectivity index (χ1) is 9.89. The molecule has 2 N–H and O–H groups in total. The largest absolute Gasteiger partial charge is 0.317 e. The molecule has 0 unspecified atom stereocenters. The molecule has 0 atom stereocenters. The Kier molecular flexibility index (Phi) is 8.21. The SMILES string of the molecule is CCCNCCCS(=O)(=O)NCC1(CC(C)C)CCCC1. The number of hydrogen-bond acceptors (Lipinski definition) is 3. The van der Waals surface area contributed by atoms with Gasteiger partial charge in [0.15, 0.2) is 0 Å². The van der Waals surface area contributed by atoms with Gasteiger partial charge in [0.25, 0.3) is 0 Å². The molecule has 0 bridgehead atoms. The Morgan fingerprint density at radius 3 is 2.38 bits per heavy atom. The summed E-state index contributed by atoms with van der Waals surface area (Å²) in [5, 5.41) is 3.25. The molecule has 1 saturated carbocycles. The van der Waals surface area contributed by atoms with E-state index in [1.54, 1.807) is 0 Å². The van der Waals surface area contributed by atoms with Gasteiger partial charge in [0, 0.05) is 6.54 Å². The van der Waals surface area contributed by atoms with Gasteiger partial charge in [0.1, 0.15) is 0 Å². The van der Waals surface area contributed by atoms with Crippen LogP contribution in [0.3, 0.4) is 0 Å². The molecule has 0 spiro atoms. The summed E-state index contributed by atoms with van der Waals surface area (Å²) in [5.41, 5.74) is 0.210. The van der Waals surface area contributed by atoms with Crippen LogP contribution in [0.2, 0.25) is 0 Å². The van der Waals surface area contributed by atoms with Crippen molar-refractivity contribution in [1.29, 1.82) is 0 Å². The molecule has 0 aromatic carbocycles. The Labute approximate surface area is 131 Å². The maximum Gasteiger partial charge on any atom is 0.211 e. The molecule has 0 radical (unpaired) electrons. The molecule has 21 heavy (non-hydrogen) atoms. The van der Waals surface area contributed by atoms with E-state index in [2.05, 4.69) is 30.8 Å². The highest BCUT2D eigenvalue weighted by molar-refractivity contribution is 7.89. The first-order valence-electron chi connectivity index (χ1n) is 8.57. The van der Waals surface area contributed by atoms with Gasteiger partial charge in [-0.1, -0.05) is 33.6 Å². The molecule has 4 nitrogen and oxygen atoms in total. The molecule has 1 rings (SSSR count). The molecule has 0 heterocycles. The zero-order chi connectivity index (χ0) is 15.8. The van der Waals surface area contributed by atoms with E-state index in [4.69, 9.17) is 0 Å². The molecule has 0 saturated heterocycles. The molecule has 1 aliphatic carbocycles. The van der Waals surface area contributed by atoms with Crippen LogP contribution in [0.4, 0.5) is 0 Å². The van der Waals surface area contributed by atoms with Gasteiger partial charge in [-0.05, 0) is 56.5 Å². The Morgan fingerprint density at radius 1 is 1.14 bits per heavy atom. The van der Waals surface area contributed by atoms with Gasteiger partial charge < -0.3 is 5.32 Å². The van der Waals surface area contributed by atoms with Crippen molar-refractivity contribution in [1.82, 2.24) is 10.0 Å². The van der Waals surface area contributed by atoms with Gasteiger partial charge >= 0.3 is 0 Å². The van der Waals surface area contributed by atoms with Gasteiger partial charge in [0.2, 0.25) is 10.0 Å². The Balaban J connectivity index is 2.36. The molecule has 1 fully saturated rings. The third-order valence-corrected chi connectivity index (χ3v) is 5.78. The average molecular weight is 319 g/mol. The van der Waals surface area contributed by atoms with Gasteiger partial charge in [-0.3, -0.25) is 0 Å². The summed E-state index contributed by atoms with van der Waals surface area (Å²) in [6.07, 6.45) is 7.74. The van der Waals surface area contributed by atoms with Gasteiger partial charge in [-0.15, -0.1) is 0 Å².